The van der Waals surface area contributed by atoms with Crippen molar-refractivity contribution in [3.8, 4) is 35.4 Å². The van der Waals surface area contributed by atoms with E-state index in [1.807, 2.05) is 4.90 Å². The number of rotatable bonds is 8. The maximum atomic E-state index is 17.1. The van der Waals surface area contributed by atoms with Crippen LogP contribution in [0, 0.1) is 34.8 Å². The van der Waals surface area contributed by atoms with E-state index in [0.717, 1.165) is 51.4 Å². The topological polar surface area (TPSA) is 110 Å². The number of pyridine rings is 1. The first-order valence-corrected chi connectivity index (χ1v) is 17.2. The standard InChI is InChI=1S/C38H39F2N5O5/c1-4-26-29(39)8-5-22-15-25(50-21-48-3)16-27(30(22)26)32-31(40)33-28(17-41-32)34(44-18-23-6-7-24(19-44)45(23)36(46)47)43-35(42-33)49-20-38-12-9-37(2,10-13-38)11-14-38/h1,5,8,15-17,23-24H,6-7,9-14,18-21H2,2-3H3,(H,46,47)/t23-,24+,37?,38?. The summed E-state index contributed by atoms with van der Waals surface area (Å²) in [6, 6.07) is 5.71. The summed E-state index contributed by atoms with van der Waals surface area (Å²) in [5, 5.41) is 11.1. The van der Waals surface area contributed by atoms with E-state index in [2.05, 4.69) is 22.8 Å². The number of nitrogens with zero attached hydrogens (tertiary/aromatic N) is 5. The second kappa shape index (κ2) is 12.2. The summed E-state index contributed by atoms with van der Waals surface area (Å²) in [5.74, 6) is 1.87. The number of hydrogen-bond donors (Lipinski definition) is 1. The van der Waals surface area contributed by atoms with Gasteiger partial charge in [0.25, 0.3) is 0 Å². The van der Waals surface area contributed by atoms with Crippen LogP contribution in [0.25, 0.3) is 32.9 Å². The average molecular weight is 684 g/mol. The number of amides is 1. The van der Waals surface area contributed by atoms with Crippen molar-refractivity contribution in [3.63, 3.8) is 0 Å². The number of methoxy groups -OCH3 is 1. The summed E-state index contributed by atoms with van der Waals surface area (Å²) in [7, 11) is 1.49. The number of carboxylic acid groups (broad SMARTS) is 1. The van der Waals surface area contributed by atoms with Gasteiger partial charge in [-0.3, -0.25) is 9.88 Å². The molecular weight excluding hydrogens is 644 g/mol. The fraction of sp³-hybridized carbons (Fsp3) is 0.474. The molecule has 9 rings (SSSR count). The number of aromatic nitrogens is 3. The lowest BCUT2D eigenvalue weighted by atomic mass is 9.55. The second-order valence-electron chi connectivity index (χ2n) is 14.8. The minimum absolute atomic E-state index is 0.00426. The number of benzene rings is 2. The second-order valence-corrected chi connectivity index (χ2v) is 14.8. The summed E-state index contributed by atoms with van der Waals surface area (Å²) in [6.07, 6.45) is 14.5. The van der Waals surface area contributed by atoms with E-state index in [9.17, 15) is 9.90 Å². The molecule has 260 valence electrons. The third kappa shape index (κ3) is 5.43. The molecule has 5 fully saturated rings. The quantitative estimate of drug-likeness (QED) is 0.153. The zero-order valence-corrected chi connectivity index (χ0v) is 28.2. The van der Waals surface area contributed by atoms with Crippen LogP contribution in [0.2, 0.25) is 0 Å². The highest BCUT2D eigenvalue weighted by Gasteiger charge is 2.47. The summed E-state index contributed by atoms with van der Waals surface area (Å²) < 4.78 is 49.4. The van der Waals surface area contributed by atoms with Crippen LogP contribution in [0.3, 0.4) is 0 Å². The van der Waals surface area contributed by atoms with Gasteiger partial charge in [-0.25, -0.2) is 13.6 Å². The molecule has 4 bridgehead atoms. The molecule has 1 N–H and O–H groups in total. The number of hydrogen-bond acceptors (Lipinski definition) is 8. The SMILES string of the molecule is C#Cc1c(F)ccc2cc(OCOC)cc(-c3ncc4c(N5C[C@H]6CC[C@@H](C5)N6C(=O)O)nc(OCC56CCC(C)(CC5)CC6)nc4c3F)c12. The molecule has 50 heavy (non-hydrogen) atoms. The van der Waals surface area contributed by atoms with Gasteiger partial charge in [-0.1, -0.05) is 18.9 Å². The van der Waals surface area contributed by atoms with Gasteiger partial charge in [0.2, 0.25) is 0 Å². The molecule has 0 spiro atoms. The summed E-state index contributed by atoms with van der Waals surface area (Å²) >= 11 is 0. The molecule has 2 aliphatic heterocycles. The van der Waals surface area contributed by atoms with Crippen molar-refractivity contribution in [2.75, 3.05) is 38.5 Å². The van der Waals surface area contributed by atoms with Gasteiger partial charge in [-0.2, -0.15) is 9.97 Å². The molecule has 10 nitrogen and oxygen atoms in total. The first-order valence-electron chi connectivity index (χ1n) is 17.2. The number of fused-ring (bicyclic) bond motifs is 7. The highest BCUT2D eigenvalue weighted by atomic mass is 19.1. The molecule has 4 aromatic rings. The Balaban J connectivity index is 1.26. The lowest BCUT2D eigenvalue weighted by Crippen LogP contribution is -2.55. The first kappa shape index (κ1) is 32.4. The van der Waals surface area contributed by atoms with Gasteiger partial charge in [0, 0.05) is 42.8 Å². The molecule has 2 saturated heterocycles. The van der Waals surface area contributed by atoms with Crippen LogP contribution in [-0.2, 0) is 4.74 Å². The maximum Gasteiger partial charge on any atom is 0.407 e. The minimum Gasteiger partial charge on any atom is -0.468 e. The fourth-order valence-corrected chi connectivity index (χ4v) is 8.74. The number of halogens is 2. The lowest BCUT2D eigenvalue weighted by Gasteiger charge is -2.51. The first-order chi connectivity index (χ1) is 24.1. The Kier molecular flexibility index (Phi) is 7.94. The van der Waals surface area contributed by atoms with Crippen molar-refractivity contribution in [2.45, 2.75) is 70.4 Å². The minimum atomic E-state index is -0.937. The number of anilines is 1. The molecule has 2 aromatic carbocycles. The van der Waals surface area contributed by atoms with Crippen LogP contribution in [0.15, 0.2) is 30.5 Å². The average Bonchev–Trinajstić information content (AvgIpc) is 3.40. The van der Waals surface area contributed by atoms with Crippen molar-refractivity contribution in [1.82, 2.24) is 19.9 Å². The molecule has 3 aliphatic carbocycles. The van der Waals surface area contributed by atoms with Crippen LogP contribution in [0.5, 0.6) is 11.8 Å². The Labute approximate surface area is 288 Å². The molecule has 2 atom stereocenters. The molecule has 12 heteroatoms. The molecule has 5 aliphatic rings. The molecule has 3 saturated carbocycles. The zero-order chi connectivity index (χ0) is 34.8. The largest absolute Gasteiger partial charge is 0.468 e. The van der Waals surface area contributed by atoms with E-state index < -0.39 is 17.7 Å². The van der Waals surface area contributed by atoms with Gasteiger partial charge in [0.05, 0.1) is 29.6 Å². The van der Waals surface area contributed by atoms with Crippen LogP contribution < -0.4 is 14.4 Å². The van der Waals surface area contributed by atoms with Crippen molar-refractivity contribution >= 4 is 33.6 Å². The third-order valence-corrected chi connectivity index (χ3v) is 11.7. The van der Waals surface area contributed by atoms with Crippen molar-refractivity contribution in [2.24, 2.45) is 10.8 Å². The Hall–Kier alpha value is -4.76. The summed E-state index contributed by atoms with van der Waals surface area (Å²) in [5.41, 5.74) is 0.555. The highest BCUT2D eigenvalue weighted by molar-refractivity contribution is 6.03. The van der Waals surface area contributed by atoms with E-state index in [0.29, 0.717) is 52.8 Å². The Morgan fingerprint density at radius 3 is 2.44 bits per heavy atom. The molecule has 4 heterocycles. The van der Waals surface area contributed by atoms with Crippen molar-refractivity contribution in [1.29, 1.82) is 0 Å². The Morgan fingerprint density at radius 1 is 1.06 bits per heavy atom. The number of carbonyl (C=O) groups is 1. The smallest absolute Gasteiger partial charge is 0.407 e. The summed E-state index contributed by atoms with van der Waals surface area (Å²) in [6.45, 7) is 3.53. The maximum absolute atomic E-state index is 17.1. The molecule has 0 unspecified atom stereocenters. The predicted octanol–water partition coefficient (Wildman–Crippen LogP) is 7.16. The van der Waals surface area contributed by atoms with E-state index in [4.69, 9.17) is 25.6 Å². The van der Waals surface area contributed by atoms with Crippen LogP contribution in [0.1, 0.15) is 63.9 Å². The number of terminal acetylenes is 1. The number of ether oxygens (including phenoxy) is 3. The molecule has 1 amide bonds. The zero-order valence-electron chi connectivity index (χ0n) is 28.2. The van der Waals surface area contributed by atoms with Gasteiger partial charge >= 0.3 is 12.1 Å². The van der Waals surface area contributed by atoms with Gasteiger partial charge in [-0.15, -0.1) is 6.42 Å². The van der Waals surface area contributed by atoms with Crippen molar-refractivity contribution < 1.29 is 32.9 Å². The van der Waals surface area contributed by atoms with Crippen LogP contribution in [0.4, 0.5) is 19.4 Å². The molecular formula is C38H39F2N5O5. The predicted molar refractivity (Wildman–Crippen MR) is 183 cm³/mol. The number of piperazine rings is 1. The Bertz CT molecular complexity index is 2030. The van der Waals surface area contributed by atoms with Gasteiger partial charge < -0.3 is 24.2 Å². The van der Waals surface area contributed by atoms with Gasteiger partial charge in [-0.05, 0) is 80.4 Å². The fourth-order valence-electron chi connectivity index (χ4n) is 8.74. The van der Waals surface area contributed by atoms with E-state index in [1.165, 1.54) is 24.3 Å². The van der Waals surface area contributed by atoms with Crippen LogP contribution in [-0.4, -0.2) is 76.7 Å². The normalized spacial score (nSPS) is 25.7. The highest BCUT2D eigenvalue weighted by Crippen LogP contribution is 2.56. The van der Waals surface area contributed by atoms with E-state index >= 15 is 8.78 Å². The molecule has 0 radical (unpaired) electrons. The third-order valence-electron chi connectivity index (χ3n) is 11.7. The van der Waals surface area contributed by atoms with E-state index in [1.54, 1.807) is 18.2 Å². The lowest BCUT2D eigenvalue weighted by molar-refractivity contribution is -0.0282. The van der Waals surface area contributed by atoms with E-state index in [-0.39, 0.29) is 52.6 Å². The van der Waals surface area contributed by atoms with Crippen molar-refractivity contribution in [3.05, 3.63) is 47.7 Å². The monoisotopic (exact) mass is 683 g/mol. The van der Waals surface area contributed by atoms with Gasteiger partial charge in [0.1, 0.15) is 28.6 Å². The Morgan fingerprint density at radius 2 is 1.78 bits per heavy atom. The van der Waals surface area contributed by atoms with Crippen LogP contribution >= 0.6 is 0 Å². The van der Waals surface area contributed by atoms with Gasteiger partial charge in [0.15, 0.2) is 12.6 Å². The molecule has 2 aromatic heterocycles. The summed E-state index contributed by atoms with van der Waals surface area (Å²) in [4.78, 5) is 29.7.